The molecule has 2 amide bonds. The van der Waals surface area contributed by atoms with Crippen molar-refractivity contribution in [1.29, 1.82) is 0 Å². The van der Waals surface area contributed by atoms with Gasteiger partial charge in [-0.15, -0.1) is 0 Å². The summed E-state index contributed by atoms with van der Waals surface area (Å²) in [5.74, 6) is 0.312. The summed E-state index contributed by atoms with van der Waals surface area (Å²) in [7, 11) is 0. The summed E-state index contributed by atoms with van der Waals surface area (Å²) in [4.78, 5) is 36.6. The first-order chi connectivity index (χ1) is 17.2. The van der Waals surface area contributed by atoms with Crippen molar-refractivity contribution in [2.45, 2.75) is 77.0 Å². The van der Waals surface area contributed by atoms with E-state index in [1.807, 2.05) is 36.1 Å². The van der Waals surface area contributed by atoms with Crippen LogP contribution in [0.3, 0.4) is 0 Å². The Bertz CT molecular complexity index is 1250. The lowest BCUT2D eigenvalue weighted by Crippen LogP contribution is -2.50. The molecule has 5 rings (SSSR count). The molecule has 1 saturated carbocycles. The highest BCUT2D eigenvalue weighted by molar-refractivity contribution is 5.94. The summed E-state index contributed by atoms with van der Waals surface area (Å²) < 4.78 is 1.69. The first kappa shape index (κ1) is 24.4. The summed E-state index contributed by atoms with van der Waals surface area (Å²) >= 11 is 0. The maximum atomic E-state index is 13.1. The Morgan fingerprint density at radius 1 is 1.06 bits per heavy atom. The molecule has 0 radical (unpaired) electrons. The number of benzene rings is 1. The molecule has 1 aromatic carbocycles. The number of aromatic nitrogens is 4. The normalized spacial score (nSPS) is 22.7. The van der Waals surface area contributed by atoms with E-state index in [1.54, 1.807) is 18.5 Å². The van der Waals surface area contributed by atoms with E-state index in [0.29, 0.717) is 18.1 Å². The molecule has 36 heavy (non-hydrogen) atoms. The molecule has 9 nitrogen and oxygen atoms in total. The lowest BCUT2D eigenvalue weighted by molar-refractivity contribution is -0.142. The van der Waals surface area contributed by atoms with E-state index in [4.69, 9.17) is 0 Å². The number of rotatable bonds is 5. The molecule has 2 aliphatic rings. The Balaban J connectivity index is 1.18. The number of hydrogen-bond acceptors (Lipinski definition) is 6. The maximum Gasteiger partial charge on any atom is 0.254 e. The molecule has 1 aliphatic carbocycles. The van der Waals surface area contributed by atoms with Crippen molar-refractivity contribution >= 4 is 22.7 Å². The molecule has 2 fully saturated rings. The van der Waals surface area contributed by atoms with Crippen LogP contribution in [-0.2, 0) is 4.79 Å². The average Bonchev–Trinajstić information content (AvgIpc) is 3.50. The molecule has 2 N–H and O–H groups in total. The fraction of sp³-hybridized carbons (Fsp3) is 0.519. The molecule has 1 aliphatic heterocycles. The first-order valence-electron chi connectivity index (χ1n) is 12.8. The van der Waals surface area contributed by atoms with Crippen molar-refractivity contribution in [1.82, 2.24) is 30.0 Å². The van der Waals surface area contributed by atoms with Gasteiger partial charge in [0.1, 0.15) is 0 Å². The molecule has 2 aromatic heterocycles. The highest BCUT2D eigenvalue weighted by atomic mass is 16.3. The molecule has 3 aromatic rings. The van der Waals surface area contributed by atoms with Crippen LogP contribution >= 0.6 is 0 Å². The predicted octanol–water partition coefficient (Wildman–Crippen LogP) is 3.17. The Kier molecular flexibility index (Phi) is 6.51. The molecule has 3 heterocycles. The molecule has 1 unspecified atom stereocenters. The SMILES string of the molecule is Cc1nn(-c2ncc(C(=O)NC3CCC(C(=O)N4CCCC4C(C)(C)O)CC3)cn2)c2ccccc12. The van der Waals surface area contributed by atoms with Gasteiger partial charge in [-0.25, -0.2) is 9.97 Å². The maximum absolute atomic E-state index is 13.1. The Morgan fingerprint density at radius 3 is 2.44 bits per heavy atom. The smallest absolute Gasteiger partial charge is 0.254 e. The van der Waals surface area contributed by atoms with Crippen molar-refractivity contribution in [2.75, 3.05) is 6.54 Å². The number of amides is 2. The zero-order chi connectivity index (χ0) is 25.4. The van der Waals surface area contributed by atoms with Crippen LogP contribution in [0, 0.1) is 12.8 Å². The van der Waals surface area contributed by atoms with Gasteiger partial charge in [0, 0.05) is 36.3 Å². The van der Waals surface area contributed by atoms with Crippen LogP contribution in [0.1, 0.15) is 68.4 Å². The summed E-state index contributed by atoms with van der Waals surface area (Å²) in [5, 5.41) is 19.1. The van der Waals surface area contributed by atoms with Gasteiger partial charge in [0.2, 0.25) is 5.91 Å². The minimum atomic E-state index is -0.891. The third-order valence-electron chi connectivity index (χ3n) is 7.62. The van der Waals surface area contributed by atoms with Crippen LogP contribution in [0.15, 0.2) is 36.7 Å². The van der Waals surface area contributed by atoms with E-state index < -0.39 is 5.60 Å². The van der Waals surface area contributed by atoms with Crippen molar-refractivity contribution < 1.29 is 14.7 Å². The highest BCUT2D eigenvalue weighted by Crippen LogP contribution is 2.32. The average molecular weight is 491 g/mol. The van der Waals surface area contributed by atoms with Gasteiger partial charge in [-0.05, 0) is 65.4 Å². The second-order valence-electron chi connectivity index (χ2n) is 10.7. The van der Waals surface area contributed by atoms with Gasteiger partial charge < -0.3 is 15.3 Å². The van der Waals surface area contributed by atoms with Gasteiger partial charge in [-0.3, -0.25) is 9.59 Å². The van der Waals surface area contributed by atoms with Gasteiger partial charge in [-0.1, -0.05) is 18.2 Å². The monoisotopic (exact) mass is 490 g/mol. The topological polar surface area (TPSA) is 113 Å². The number of likely N-dealkylation sites (tertiary alicyclic amines) is 1. The molecule has 9 heteroatoms. The van der Waals surface area contributed by atoms with E-state index >= 15 is 0 Å². The van der Waals surface area contributed by atoms with Crippen molar-refractivity contribution in [3.8, 4) is 5.95 Å². The summed E-state index contributed by atoms with van der Waals surface area (Å²) in [6.45, 7) is 6.22. The number of carbonyl (C=O) groups excluding carboxylic acids is 2. The predicted molar refractivity (Wildman–Crippen MR) is 136 cm³/mol. The minimum absolute atomic E-state index is 0.0163. The van der Waals surface area contributed by atoms with Gasteiger partial charge >= 0.3 is 0 Å². The van der Waals surface area contributed by atoms with Crippen molar-refractivity contribution in [2.24, 2.45) is 5.92 Å². The Hall–Kier alpha value is -3.33. The first-order valence-corrected chi connectivity index (χ1v) is 12.8. The number of aliphatic hydroxyl groups is 1. The molecule has 1 atom stereocenters. The van der Waals surface area contributed by atoms with Crippen LogP contribution < -0.4 is 5.32 Å². The number of hydrogen-bond donors (Lipinski definition) is 2. The third kappa shape index (κ3) is 4.72. The van der Waals surface area contributed by atoms with Gasteiger partial charge in [0.05, 0.1) is 28.4 Å². The van der Waals surface area contributed by atoms with E-state index in [0.717, 1.165) is 55.1 Å². The van der Waals surface area contributed by atoms with Crippen LogP contribution in [0.5, 0.6) is 0 Å². The number of para-hydroxylation sites is 1. The van der Waals surface area contributed by atoms with Gasteiger partial charge in [0.25, 0.3) is 11.9 Å². The zero-order valence-corrected chi connectivity index (χ0v) is 21.1. The minimum Gasteiger partial charge on any atom is -0.388 e. The second kappa shape index (κ2) is 9.61. The van der Waals surface area contributed by atoms with E-state index in [2.05, 4.69) is 20.4 Å². The quantitative estimate of drug-likeness (QED) is 0.568. The largest absolute Gasteiger partial charge is 0.388 e. The van der Waals surface area contributed by atoms with Crippen LogP contribution in [-0.4, -0.2) is 65.8 Å². The molecule has 1 saturated heterocycles. The number of carbonyl (C=O) groups is 2. The molecule has 190 valence electrons. The molecular formula is C27H34N6O3. The molecular weight excluding hydrogens is 456 g/mol. The fourth-order valence-electron chi connectivity index (χ4n) is 5.68. The Morgan fingerprint density at radius 2 is 1.75 bits per heavy atom. The van der Waals surface area contributed by atoms with Crippen molar-refractivity contribution in [3.63, 3.8) is 0 Å². The lowest BCUT2D eigenvalue weighted by atomic mass is 9.84. The van der Waals surface area contributed by atoms with Crippen molar-refractivity contribution in [3.05, 3.63) is 47.9 Å². The summed E-state index contributed by atoms with van der Waals surface area (Å²) in [6, 6.07) is 7.79. The lowest BCUT2D eigenvalue weighted by Gasteiger charge is -2.37. The number of nitrogens with zero attached hydrogens (tertiary/aromatic N) is 5. The number of nitrogens with one attached hydrogen (secondary N) is 1. The number of fused-ring (bicyclic) bond motifs is 1. The van der Waals surface area contributed by atoms with Crippen LogP contribution in [0.4, 0.5) is 0 Å². The number of aryl methyl sites for hydroxylation is 1. The van der Waals surface area contributed by atoms with Crippen LogP contribution in [0.2, 0.25) is 0 Å². The third-order valence-corrected chi connectivity index (χ3v) is 7.62. The molecule has 0 spiro atoms. The summed E-state index contributed by atoms with van der Waals surface area (Å²) in [5.41, 5.74) is 1.32. The van der Waals surface area contributed by atoms with Gasteiger partial charge in [0.15, 0.2) is 0 Å². The van der Waals surface area contributed by atoms with Crippen LogP contribution in [0.25, 0.3) is 16.9 Å². The Labute approximate surface area is 210 Å². The second-order valence-corrected chi connectivity index (χ2v) is 10.7. The molecule has 0 bridgehead atoms. The fourth-order valence-corrected chi connectivity index (χ4v) is 5.68. The van der Waals surface area contributed by atoms with Gasteiger partial charge in [-0.2, -0.15) is 9.78 Å². The highest BCUT2D eigenvalue weighted by Gasteiger charge is 2.41. The zero-order valence-electron chi connectivity index (χ0n) is 21.1. The van der Waals surface area contributed by atoms with E-state index in [9.17, 15) is 14.7 Å². The van der Waals surface area contributed by atoms with E-state index in [-0.39, 0.29) is 29.8 Å². The summed E-state index contributed by atoms with van der Waals surface area (Å²) in [6.07, 6.45) is 7.81. The standard InChI is InChI=1S/C27H34N6O3/c1-17-21-7-4-5-8-22(21)33(31-17)26-28-15-19(16-29-26)24(34)30-20-12-10-18(11-13-20)25(35)32-14-6-9-23(32)27(2,3)36/h4-5,7-8,15-16,18,20,23,36H,6,9-14H2,1-3H3,(H,30,34). The van der Waals surface area contributed by atoms with E-state index in [1.165, 1.54) is 12.4 Å².